The quantitative estimate of drug-likeness (QED) is 0.475. The van der Waals surface area contributed by atoms with Gasteiger partial charge in [0.1, 0.15) is 11.8 Å². The predicted molar refractivity (Wildman–Crippen MR) is 127 cm³/mol. The van der Waals surface area contributed by atoms with Crippen molar-refractivity contribution in [2.24, 2.45) is 0 Å². The Morgan fingerprint density at radius 3 is 2.44 bits per heavy atom. The second-order valence-corrected chi connectivity index (χ2v) is 10.0. The van der Waals surface area contributed by atoms with Crippen LogP contribution in [0.4, 0.5) is 13.2 Å². The maximum absolute atomic E-state index is 13.1. The molecule has 1 saturated carbocycles. The predicted octanol–water partition coefficient (Wildman–Crippen LogP) is 5.16. The maximum atomic E-state index is 13.1. The number of rotatable bonds is 5. The van der Waals surface area contributed by atoms with Crippen molar-refractivity contribution in [1.82, 2.24) is 15.2 Å². The van der Waals surface area contributed by atoms with E-state index in [0.29, 0.717) is 12.5 Å². The summed E-state index contributed by atoms with van der Waals surface area (Å²) in [5.74, 6) is -0.557. The van der Waals surface area contributed by atoms with Crippen molar-refractivity contribution in [3.8, 4) is 5.75 Å². The molecule has 190 valence electrons. The minimum absolute atomic E-state index is 0.0636. The molecule has 9 heteroatoms. The Morgan fingerprint density at radius 1 is 1.03 bits per heavy atom. The van der Waals surface area contributed by atoms with Crippen molar-refractivity contribution < 1.29 is 27.4 Å². The summed E-state index contributed by atoms with van der Waals surface area (Å²) < 4.78 is 47.5. The highest BCUT2D eigenvalue weighted by Gasteiger charge is 2.48. The van der Waals surface area contributed by atoms with E-state index in [0.717, 1.165) is 53.4 Å². The normalized spacial score (nSPS) is 26.3. The Hall–Kier alpha value is -3.04. The van der Waals surface area contributed by atoms with Gasteiger partial charge in [-0.3, -0.25) is 9.69 Å². The van der Waals surface area contributed by atoms with Crippen molar-refractivity contribution >= 4 is 16.9 Å². The summed E-state index contributed by atoms with van der Waals surface area (Å²) in [5, 5.41) is 4.87. The molecule has 1 aliphatic carbocycles. The average Bonchev–Trinajstić information content (AvgIpc) is 3.59. The molecule has 3 aliphatic rings. The molecule has 1 aromatic heterocycles. The topological polar surface area (TPSA) is 66.6 Å². The molecule has 3 heterocycles. The summed E-state index contributed by atoms with van der Waals surface area (Å²) in [5.41, 5.74) is 4.14. The number of piperidine rings is 1. The van der Waals surface area contributed by atoms with E-state index in [1.54, 1.807) is 12.1 Å². The molecular formula is C27H28F3N3O3. The average molecular weight is 500 g/mol. The van der Waals surface area contributed by atoms with Gasteiger partial charge in [-0.05, 0) is 55.0 Å². The number of alkyl halides is 3. The third kappa shape index (κ3) is 4.35. The van der Waals surface area contributed by atoms with Crippen LogP contribution in [0.1, 0.15) is 54.6 Å². The number of benzene rings is 2. The number of ether oxygens (including phenoxy) is 2. The lowest BCUT2D eigenvalue weighted by atomic mass is 9.79. The van der Waals surface area contributed by atoms with Crippen LogP contribution < -0.4 is 10.1 Å². The van der Waals surface area contributed by atoms with Crippen molar-refractivity contribution in [2.45, 2.75) is 68.7 Å². The van der Waals surface area contributed by atoms with Gasteiger partial charge in [-0.25, -0.2) is 0 Å². The van der Waals surface area contributed by atoms with Gasteiger partial charge in [0.25, 0.3) is 0 Å². The minimum atomic E-state index is -4.74. The van der Waals surface area contributed by atoms with E-state index in [4.69, 9.17) is 4.74 Å². The smallest absolute Gasteiger partial charge is 0.468 e. The largest absolute Gasteiger partial charge is 0.573 e. The van der Waals surface area contributed by atoms with Gasteiger partial charge in [0.15, 0.2) is 0 Å². The number of carbonyl (C=O) groups is 1. The fourth-order valence-electron chi connectivity index (χ4n) is 6.08. The molecule has 36 heavy (non-hydrogen) atoms. The molecule has 6 nitrogen and oxygen atoms in total. The second kappa shape index (κ2) is 8.81. The lowest BCUT2D eigenvalue weighted by Gasteiger charge is -2.50. The number of H-pyrrole nitrogens is 1. The van der Waals surface area contributed by atoms with Gasteiger partial charge in [0.05, 0.1) is 13.2 Å². The zero-order valence-corrected chi connectivity index (χ0v) is 19.8. The van der Waals surface area contributed by atoms with Crippen LogP contribution in [0.3, 0.4) is 0 Å². The fourth-order valence-corrected chi connectivity index (χ4v) is 6.08. The van der Waals surface area contributed by atoms with E-state index in [2.05, 4.69) is 26.0 Å². The number of nitrogens with zero attached hydrogens (tertiary/aromatic N) is 1. The van der Waals surface area contributed by atoms with E-state index in [9.17, 15) is 18.0 Å². The Morgan fingerprint density at radius 2 is 1.75 bits per heavy atom. The lowest BCUT2D eigenvalue weighted by molar-refractivity contribution is -0.274. The number of aromatic nitrogens is 1. The van der Waals surface area contributed by atoms with Gasteiger partial charge in [0, 0.05) is 41.1 Å². The van der Waals surface area contributed by atoms with Gasteiger partial charge in [0.2, 0.25) is 0 Å². The van der Waals surface area contributed by atoms with Crippen LogP contribution in [0.5, 0.6) is 5.75 Å². The van der Waals surface area contributed by atoms with Crippen LogP contribution in [0.2, 0.25) is 0 Å². The lowest BCUT2D eigenvalue weighted by Crippen LogP contribution is -2.55. The van der Waals surface area contributed by atoms with Crippen LogP contribution >= 0.6 is 0 Å². The summed E-state index contributed by atoms with van der Waals surface area (Å²) in [6.07, 6.45) is -0.353. The summed E-state index contributed by atoms with van der Waals surface area (Å²) in [7, 11) is 1.40. The molecule has 0 unspecified atom stereocenters. The first kappa shape index (κ1) is 23.4. The van der Waals surface area contributed by atoms with E-state index < -0.39 is 12.4 Å². The van der Waals surface area contributed by atoms with Crippen molar-refractivity contribution in [1.29, 1.82) is 0 Å². The standard InChI is InChI=1S/C27H28F3N3O3/c1-35-26(34)24-14-20-19-4-2-3-5-21(19)32-25(20)23-13-17(31-16-8-9-16)12-22(33(23)24)15-6-10-18(11-7-15)36-27(28,29)30/h2-7,10-11,16-17,22-24,31-32H,8-9,12-14H2,1H3/t17-,22+,23+,24+/m1/s1. The van der Waals surface area contributed by atoms with Crippen LogP contribution in [-0.4, -0.2) is 47.5 Å². The van der Waals surface area contributed by atoms with Gasteiger partial charge in [-0.15, -0.1) is 13.2 Å². The van der Waals surface area contributed by atoms with E-state index in [-0.39, 0.29) is 29.8 Å². The highest BCUT2D eigenvalue weighted by molar-refractivity contribution is 5.87. The number of hydrogen-bond acceptors (Lipinski definition) is 5. The molecule has 2 aliphatic heterocycles. The van der Waals surface area contributed by atoms with Crippen LogP contribution in [0.15, 0.2) is 48.5 Å². The zero-order valence-electron chi connectivity index (χ0n) is 19.8. The maximum Gasteiger partial charge on any atom is 0.573 e. The number of nitrogens with one attached hydrogen (secondary N) is 2. The summed E-state index contributed by atoms with van der Waals surface area (Å²) in [6.45, 7) is 0. The van der Waals surface area contributed by atoms with E-state index in [1.807, 2.05) is 18.2 Å². The summed E-state index contributed by atoms with van der Waals surface area (Å²) in [4.78, 5) is 19.0. The molecule has 2 fully saturated rings. The molecular weight excluding hydrogens is 471 g/mol. The number of methoxy groups -OCH3 is 1. The van der Waals surface area contributed by atoms with Crippen molar-refractivity contribution in [2.75, 3.05) is 7.11 Å². The molecule has 0 bridgehead atoms. The summed E-state index contributed by atoms with van der Waals surface area (Å²) in [6, 6.07) is 14.2. The molecule has 0 spiro atoms. The minimum Gasteiger partial charge on any atom is -0.468 e. The van der Waals surface area contributed by atoms with E-state index in [1.165, 1.54) is 19.2 Å². The molecule has 2 aromatic carbocycles. The first-order valence-electron chi connectivity index (χ1n) is 12.4. The fraction of sp³-hybridized carbons (Fsp3) is 0.444. The number of esters is 1. The first-order valence-corrected chi connectivity index (χ1v) is 12.4. The SMILES string of the molecule is COC(=O)[C@@H]1Cc2c([nH]c3ccccc23)[C@@H]2C[C@H](NC3CC3)C[C@@H](c3ccc(OC(F)(F)F)cc3)N12. The molecule has 6 rings (SSSR count). The Balaban J connectivity index is 1.42. The first-order chi connectivity index (χ1) is 17.3. The molecule has 3 aromatic rings. The molecule has 0 radical (unpaired) electrons. The van der Waals surface area contributed by atoms with Gasteiger partial charge >= 0.3 is 12.3 Å². The summed E-state index contributed by atoms with van der Waals surface area (Å²) >= 11 is 0. The molecule has 4 atom stereocenters. The highest BCUT2D eigenvalue weighted by atomic mass is 19.4. The molecule has 1 saturated heterocycles. The second-order valence-electron chi connectivity index (χ2n) is 10.0. The Labute approximate surface area is 206 Å². The number of hydrogen-bond donors (Lipinski definition) is 2. The third-order valence-electron chi connectivity index (χ3n) is 7.69. The number of para-hydroxylation sites is 1. The number of halogens is 3. The van der Waals surface area contributed by atoms with Gasteiger partial charge < -0.3 is 19.8 Å². The van der Waals surface area contributed by atoms with Crippen LogP contribution in [0.25, 0.3) is 10.9 Å². The van der Waals surface area contributed by atoms with Gasteiger partial charge in [-0.2, -0.15) is 0 Å². The number of carbonyl (C=O) groups excluding carboxylic acids is 1. The molecule has 0 amide bonds. The van der Waals surface area contributed by atoms with Crippen LogP contribution in [0, 0.1) is 0 Å². The van der Waals surface area contributed by atoms with Crippen molar-refractivity contribution in [3.05, 3.63) is 65.4 Å². The Kier molecular flexibility index (Phi) is 5.72. The molecule has 2 N–H and O–H groups in total. The highest BCUT2D eigenvalue weighted by Crippen LogP contribution is 2.49. The van der Waals surface area contributed by atoms with Gasteiger partial charge in [-0.1, -0.05) is 30.3 Å². The monoisotopic (exact) mass is 499 g/mol. The Bertz CT molecular complexity index is 1270. The number of fused-ring (bicyclic) bond motifs is 5. The van der Waals surface area contributed by atoms with Crippen LogP contribution in [-0.2, 0) is 16.0 Å². The van der Waals surface area contributed by atoms with E-state index >= 15 is 0 Å². The number of aromatic amines is 1. The zero-order chi connectivity index (χ0) is 25.0. The van der Waals surface area contributed by atoms with Crippen molar-refractivity contribution in [3.63, 3.8) is 0 Å². The third-order valence-corrected chi connectivity index (χ3v) is 7.69.